The zero-order valence-corrected chi connectivity index (χ0v) is 12.9. The molecule has 112 valence electrons. The molecule has 0 aromatic heterocycles. The lowest BCUT2D eigenvalue weighted by atomic mass is 9.94. The van der Waals surface area contributed by atoms with Crippen molar-refractivity contribution < 1.29 is 9.90 Å². The Labute approximate surface area is 127 Å². The second kappa shape index (κ2) is 7.28. The first-order chi connectivity index (χ1) is 10.1. The number of hydrogen-bond donors (Lipinski definition) is 1. The molecule has 0 atom stereocenters. The average molecular weight is 285 g/mol. The van der Waals surface area contributed by atoms with E-state index in [1.807, 2.05) is 37.1 Å². The first kappa shape index (κ1) is 15.6. The van der Waals surface area contributed by atoms with Crippen LogP contribution in [-0.2, 0) is 0 Å². The van der Waals surface area contributed by atoms with Crippen molar-refractivity contribution in [2.45, 2.75) is 45.1 Å². The van der Waals surface area contributed by atoms with Gasteiger partial charge in [0.25, 0.3) is 5.91 Å². The summed E-state index contributed by atoms with van der Waals surface area (Å²) in [7, 11) is 1.90. The minimum Gasteiger partial charge on any atom is -0.384 e. The second-order valence-corrected chi connectivity index (χ2v) is 5.76. The summed E-state index contributed by atoms with van der Waals surface area (Å²) in [5.41, 5.74) is 2.48. The Morgan fingerprint density at radius 2 is 2.00 bits per heavy atom. The predicted octanol–water partition coefficient (Wildman–Crippen LogP) is 2.74. The van der Waals surface area contributed by atoms with Crippen molar-refractivity contribution in [2.75, 3.05) is 13.7 Å². The summed E-state index contributed by atoms with van der Waals surface area (Å²) in [6.45, 7) is 1.79. The van der Waals surface area contributed by atoms with E-state index in [0.29, 0.717) is 11.6 Å². The third-order valence-corrected chi connectivity index (χ3v) is 4.08. The number of amides is 1. The van der Waals surface area contributed by atoms with Crippen LogP contribution in [0.15, 0.2) is 18.2 Å². The quantitative estimate of drug-likeness (QED) is 0.849. The lowest BCUT2D eigenvalue weighted by Gasteiger charge is -2.31. The van der Waals surface area contributed by atoms with Gasteiger partial charge in [0.1, 0.15) is 6.61 Å². The molecule has 1 N–H and O–H groups in total. The maximum atomic E-state index is 12.7. The summed E-state index contributed by atoms with van der Waals surface area (Å²) < 4.78 is 0. The van der Waals surface area contributed by atoms with Crippen LogP contribution in [0.2, 0.25) is 0 Å². The second-order valence-electron chi connectivity index (χ2n) is 5.76. The molecule has 0 spiro atoms. The first-order valence-electron chi connectivity index (χ1n) is 7.60. The molecule has 0 unspecified atom stereocenters. The number of benzene rings is 1. The van der Waals surface area contributed by atoms with E-state index in [1.165, 1.54) is 19.3 Å². The molecular formula is C18H23NO2. The maximum absolute atomic E-state index is 12.7. The Hall–Kier alpha value is -1.79. The van der Waals surface area contributed by atoms with Crippen molar-refractivity contribution >= 4 is 5.91 Å². The number of aryl methyl sites for hydroxylation is 1. The van der Waals surface area contributed by atoms with Gasteiger partial charge in [-0.05, 0) is 43.5 Å². The fourth-order valence-corrected chi connectivity index (χ4v) is 2.96. The fraction of sp³-hybridized carbons (Fsp3) is 0.500. The van der Waals surface area contributed by atoms with E-state index < -0.39 is 0 Å². The molecule has 1 saturated carbocycles. The highest BCUT2D eigenvalue weighted by molar-refractivity contribution is 5.94. The molecule has 0 aliphatic heterocycles. The SMILES string of the molecule is Cc1cc(C#CCO)cc(C(=O)N(C)C2CCCCC2)c1. The molecule has 1 aromatic rings. The Balaban J connectivity index is 2.19. The van der Waals surface area contributed by atoms with E-state index in [2.05, 4.69) is 11.8 Å². The van der Waals surface area contributed by atoms with E-state index >= 15 is 0 Å². The molecule has 2 rings (SSSR count). The number of nitrogens with zero attached hydrogens (tertiary/aromatic N) is 1. The van der Waals surface area contributed by atoms with Crippen LogP contribution in [0.4, 0.5) is 0 Å². The predicted molar refractivity (Wildman–Crippen MR) is 84.1 cm³/mol. The number of rotatable bonds is 2. The van der Waals surface area contributed by atoms with Crippen LogP contribution in [0.1, 0.15) is 53.6 Å². The monoisotopic (exact) mass is 285 g/mol. The highest BCUT2D eigenvalue weighted by atomic mass is 16.2. The summed E-state index contributed by atoms with van der Waals surface area (Å²) in [6, 6.07) is 6.02. The molecule has 0 saturated heterocycles. The van der Waals surface area contributed by atoms with Gasteiger partial charge in [-0.3, -0.25) is 4.79 Å². The molecule has 0 radical (unpaired) electrons. The smallest absolute Gasteiger partial charge is 0.253 e. The van der Waals surface area contributed by atoms with Crippen molar-refractivity contribution in [3.63, 3.8) is 0 Å². The highest BCUT2D eigenvalue weighted by Crippen LogP contribution is 2.23. The molecule has 1 aliphatic rings. The van der Waals surface area contributed by atoms with E-state index in [0.717, 1.165) is 24.0 Å². The number of aliphatic hydroxyl groups is 1. The standard InChI is InChI=1S/C18H23NO2/c1-14-11-15(7-6-10-20)13-16(12-14)18(21)19(2)17-8-4-3-5-9-17/h11-13,17,20H,3-5,8-10H2,1-2H3. The van der Waals surface area contributed by atoms with Gasteiger partial charge in [0.2, 0.25) is 0 Å². The largest absolute Gasteiger partial charge is 0.384 e. The summed E-state index contributed by atoms with van der Waals surface area (Å²) in [5, 5.41) is 8.78. The lowest BCUT2D eigenvalue weighted by Crippen LogP contribution is -2.38. The summed E-state index contributed by atoms with van der Waals surface area (Å²) in [5.74, 6) is 5.58. The van der Waals surface area contributed by atoms with Crippen molar-refractivity contribution in [1.82, 2.24) is 4.90 Å². The van der Waals surface area contributed by atoms with Crippen LogP contribution >= 0.6 is 0 Å². The van der Waals surface area contributed by atoms with Gasteiger partial charge in [0.15, 0.2) is 0 Å². The van der Waals surface area contributed by atoms with E-state index in [-0.39, 0.29) is 12.5 Å². The molecule has 0 heterocycles. The Morgan fingerprint density at radius 1 is 1.29 bits per heavy atom. The van der Waals surface area contributed by atoms with Gasteiger partial charge in [0.05, 0.1) is 0 Å². The summed E-state index contributed by atoms with van der Waals surface area (Å²) in [6.07, 6.45) is 5.91. The van der Waals surface area contributed by atoms with Gasteiger partial charge in [0, 0.05) is 24.2 Å². The van der Waals surface area contributed by atoms with Gasteiger partial charge in [-0.15, -0.1) is 0 Å². The molecule has 1 aliphatic carbocycles. The zero-order valence-electron chi connectivity index (χ0n) is 12.9. The van der Waals surface area contributed by atoms with E-state index in [1.54, 1.807) is 0 Å². The average Bonchev–Trinajstić information content (AvgIpc) is 2.51. The summed E-state index contributed by atoms with van der Waals surface area (Å²) in [4.78, 5) is 14.5. The highest BCUT2D eigenvalue weighted by Gasteiger charge is 2.23. The van der Waals surface area contributed by atoms with E-state index in [9.17, 15) is 4.79 Å². The third-order valence-electron chi connectivity index (χ3n) is 4.08. The van der Waals surface area contributed by atoms with Gasteiger partial charge in [-0.1, -0.05) is 31.1 Å². The number of aliphatic hydroxyl groups excluding tert-OH is 1. The van der Waals surface area contributed by atoms with E-state index in [4.69, 9.17) is 5.11 Å². The molecule has 1 amide bonds. The molecule has 1 fully saturated rings. The van der Waals surface area contributed by atoms with Gasteiger partial charge in [-0.2, -0.15) is 0 Å². The first-order valence-corrected chi connectivity index (χ1v) is 7.60. The Bertz CT molecular complexity index is 562. The lowest BCUT2D eigenvalue weighted by molar-refractivity contribution is 0.0696. The van der Waals surface area contributed by atoms with Crippen LogP contribution in [0, 0.1) is 18.8 Å². The molecule has 1 aromatic carbocycles. The molecule has 21 heavy (non-hydrogen) atoms. The van der Waals surface area contributed by atoms with Crippen LogP contribution in [0.25, 0.3) is 0 Å². The zero-order chi connectivity index (χ0) is 15.2. The maximum Gasteiger partial charge on any atom is 0.253 e. The van der Waals surface area contributed by atoms with Crippen LogP contribution in [-0.4, -0.2) is 35.6 Å². The van der Waals surface area contributed by atoms with Gasteiger partial charge in [-0.25, -0.2) is 0 Å². The van der Waals surface area contributed by atoms with Gasteiger partial charge < -0.3 is 10.0 Å². The molecule has 3 heteroatoms. The number of carbonyl (C=O) groups is 1. The van der Waals surface area contributed by atoms with Crippen molar-refractivity contribution in [3.8, 4) is 11.8 Å². The minimum atomic E-state index is -0.167. The number of hydrogen-bond acceptors (Lipinski definition) is 2. The molecule has 3 nitrogen and oxygen atoms in total. The normalized spacial score (nSPS) is 15.2. The van der Waals surface area contributed by atoms with Crippen molar-refractivity contribution in [2.24, 2.45) is 0 Å². The molecule has 0 bridgehead atoms. The Morgan fingerprint density at radius 3 is 2.67 bits per heavy atom. The van der Waals surface area contributed by atoms with Crippen LogP contribution in [0.3, 0.4) is 0 Å². The van der Waals surface area contributed by atoms with Gasteiger partial charge >= 0.3 is 0 Å². The fourth-order valence-electron chi connectivity index (χ4n) is 2.96. The Kier molecular flexibility index (Phi) is 5.41. The van der Waals surface area contributed by atoms with Crippen molar-refractivity contribution in [3.05, 3.63) is 34.9 Å². The van der Waals surface area contributed by atoms with Crippen LogP contribution < -0.4 is 0 Å². The third kappa shape index (κ3) is 4.09. The minimum absolute atomic E-state index is 0.0673. The molecular weight excluding hydrogens is 262 g/mol. The van der Waals surface area contributed by atoms with Crippen molar-refractivity contribution in [1.29, 1.82) is 0 Å². The topological polar surface area (TPSA) is 40.5 Å². The number of carbonyl (C=O) groups excluding carboxylic acids is 1. The summed E-state index contributed by atoms with van der Waals surface area (Å²) >= 11 is 0. The van der Waals surface area contributed by atoms with Crippen LogP contribution in [0.5, 0.6) is 0 Å².